The summed E-state index contributed by atoms with van der Waals surface area (Å²) in [5.74, 6) is -0.855. The molecule has 0 spiro atoms. The Morgan fingerprint density at radius 1 is 1.30 bits per heavy atom. The Kier molecular flexibility index (Phi) is 3.98. The highest BCUT2D eigenvalue weighted by atomic mass is 32.1. The van der Waals surface area contributed by atoms with E-state index >= 15 is 0 Å². The number of carboxylic acid groups (broad SMARTS) is 1. The number of ether oxygens (including phenoxy) is 1. The second kappa shape index (κ2) is 5.89. The third kappa shape index (κ3) is 2.99. The van der Waals surface area contributed by atoms with E-state index in [0.717, 1.165) is 36.2 Å². The molecular weight excluding hydrogens is 274 g/mol. The molecule has 1 saturated carbocycles. The standard InChI is InChI=1S/C15H17NO3S/c17-15(18)10-5-7-11(8-6-10)19-9-14-16-12-3-1-2-4-13(12)20-14/h1-4,10-11H,5-9H2,(H,17,18). The van der Waals surface area contributed by atoms with Gasteiger partial charge in [-0.1, -0.05) is 12.1 Å². The van der Waals surface area contributed by atoms with Crippen LogP contribution in [0.15, 0.2) is 24.3 Å². The lowest BCUT2D eigenvalue weighted by molar-refractivity contribution is -0.143. The Morgan fingerprint density at radius 3 is 2.75 bits per heavy atom. The van der Waals surface area contributed by atoms with Crippen molar-refractivity contribution in [3.63, 3.8) is 0 Å². The second-order valence-electron chi connectivity index (χ2n) is 5.20. The Labute approximate surface area is 121 Å². The van der Waals surface area contributed by atoms with E-state index in [2.05, 4.69) is 11.1 Å². The molecule has 2 aromatic rings. The highest BCUT2D eigenvalue weighted by Crippen LogP contribution is 2.28. The number of hydrogen-bond donors (Lipinski definition) is 1. The van der Waals surface area contributed by atoms with Gasteiger partial charge in [0.05, 0.1) is 28.8 Å². The first-order valence-corrected chi connectivity index (χ1v) is 7.73. The van der Waals surface area contributed by atoms with Crippen LogP contribution >= 0.6 is 11.3 Å². The van der Waals surface area contributed by atoms with Gasteiger partial charge >= 0.3 is 5.97 Å². The quantitative estimate of drug-likeness (QED) is 0.937. The number of fused-ring (bicyclic) bond motifs is 1. The summed E-state index contributed by atoms with van der Waals surface area (Å²) in [7, 11) is 0. The highest BCUT2D eigenvalue weighted by Gasteiger charge is 2.26. The largest absolute Gasteiger partial charge is 0.481 e. The average Bonchev–Trinajstić information content (AvgIpc) is 2.88. The molecule has 0 saturated heterocycles. The predicted octanol–water partition coefficient (Wildman–Crippen LogP) is 3.46. The van der Waals surface area contributed by atoms with Crippen LogP contribution in [0.25, 0.3) is 10.2 Å². The maximum Gasteiger partial charge on any atom is 0.306 e. The molecule has 1 aliphatic carbocycles. The van der Waals surface area contributed by atoms with Crippen LogP contribution in [0, 0.1) is 5.92 Å². The maximum atomic E-state index is 10.9. The van der Waals surface area contributed by atoms with Gasteiger partial charge in [0.25, 0.3) is 0 Å². The first kappa shape index (κ1) is 13.5. The first-order chi connectivity index (χ1) is 9.72. The predicted molar refractivity (Wildman–Crippen MR) is 77.8 cm³/mol. The fourth-order valence-electron chi connectivity index (χ4n) is 2.65. The summed E-state index contributed by atoms with van der Waals surface area (Å²) in [6.45, 7) is 0.530. The number of benzene rings is 1. The fraction of sp³-hybridized carbons (Fsp3) is 0.467. The topological polar surface area (TPSA) is 59.4 Å². The molecule has 106 valence electrons. The fourth-order valence-corrected chi connectivity index (χ4v) is 3.54. The summed E-state index contributed by atoms with van der Waals surface area (Å²) in [6, 6.07) is 8.07. The number of carbonyl (C=O) groups is 1. The smallest absolute Gasteiger partial charge is 0.306 e. The van der Waals surface area contributed by atoms with Crippen LogP contribution in [0.4, 0.5) is 0 Å². The van der Waals surface area contributed by atoms with Gasteiger partial charge in [0.2, 0.25) is 0 Å². The van der Waals surface area contributed by atoms with Crippen molar-refractivity contribution in [1.82, 2.24) is 4.98 Å². The van der Waals surface area contributed by atoms with E-state index in [0.29, 0.717) is 6.61 Å². The minimum absolute atomic E-state index is 0.178. The van der Waals surface area contributed by atoms with Crippen LogP contribution in [0.1, 0.15) is 30.7 Å². The van der Waals surface area contributed by atoms with Crippen molar-refractivity contribution in [3.05, 3.63) is 29.3 Å². The van der Waals surface area contributed by atoms with E-state index < -0.39 is 5.97 Å². The molecule has 1 fully saturated rings. The minimum Gasteiger partial charge on any atom is -0.481 e. The van der Waals surface area contributed by atoms with Crippen LogP contribution in [0.3, 0.4) is 0 Å². The third-order valence-corrected chi connectivity index (χ3v) is 4.81. The van der Waals surface area contributed by atoms with E-state index in [4.69, 9.17) is 9.84 Å². The van der Waals surface area contributed by atoms with Crippen molar-refractivity contribution in [2.24, 2.45) is 5.92 Å². The molecular formula is C15H17NO3S. The maximum absolute atomic E-state index is 10.9. The average molecular weight is 291 g/mol. The van der Waals surface area contributed by atoms with Crippen molar-refractivity contribution in [2.75, 3.05) is 0 Å². The molecule has 4 nitrogen and oxygen atoms in total. The van der Waals surface area contributed by atoms with Crippen LogP contribution < -0.4 is 0 Å². The molecule has 0 unspecified atom stereocenters. The zero-order chi connectivity index (χ0) is 13.9. The summed E-state index contributed by atoms with van der Waals surface area (Å²) in [4.78, 5) is 15.4. The Bertz CT molecular complexity index is 569. The molecule has 1 aromatic carbocycles. The molecule has 0 bridgehead atoms. The Hall–Kier alpha value is -1.46. The van der Waals surface area contributed by atoms with E-state index in [-0.39, 0.29) is 12.0 Å². The summed E-state index contributed by atoms with van der Waals surface area (Å²) < 4.78 is 7.06. The lowest BCUT2D eigenvalue weighted by atomic mass is 9.87. The van der Waals surface area contributed by atoms with Crippen molar-refractivity contribution in [1.29, 1.82) is 0 Å². The SMILES string of the molecule is O=C(O)C1CCC(OCc2nc3ccccc3s2)CC1. The molecule has 5 heteroatoms. The van der Waals surface area contributed by atoms with Crippen LogP contribution in [0.2, 0.25) is 0 Å². The first-order valence-electron chi connectivity index (χ1n) is 6.91. The molecule has 0 amide bonds. The third-order valence-electron chi connectivity index (χ3n) is 3.80. The van der Waals surface area contributed by atoms with Gasteiger partial charge in [-0.3, -0.25) is 4.79 Å². The van der Waals surface area contributed by atoms with Gasteiger partial charge in [-0.25, -0.2) is 4.98 Å². The summed E-state index contributed by atoms with van der Waals surface area (Å²) in [6.07, 6.45) is 3.29. The van der Waals surface area contributed by atoms with E-state index in [1.807, 2.05) is 18.2 Å². The molecule has 0 aliphatic heterocycles. The molecule has 20 heavy (non-hydrogen) atoms. The number of aromatic nitrogens is 1. The summed E-state index contributed by atoms with van der Waals surface area (Å²) in [5.41, 5.74) is 1.02. The van der Waals surface area contributed by atoms with Crippen molar-refractivity contribution < 1.29 is 14.6 Å². The number of para-hydroxylation sites is 1. The summed E-state index contributed by atoms with van der Waals surface area (Å²) >= 11 is 1.66. The van der Waals surface area contributed by atoms with Crippen LogP contribution in [-0.4, -0.2) is 22.2 Å². The number of nitrogens with zero attached hydrogens (tertiary/aromatic N) is 1. The number of aliphatic carboxylic acids is 1. The zero-order valence-electron chi connectivity index (χ0n) is 11.1. The van der Waals surface area contributed by atoms with E-state index in [1.165, 1.54) is 4.70 Å². The zero-order valence-corrected chi connectivity index (χ0v) is 11.9. The number of carboxylic acids is 1. The van der Waals surface area contributed by atoms with Crippen LogP contribution in [-0.2, 0) is 16.1 Å². The van der Waals surface area contributed by atoms with Crippen molar-refractivity contribution >= 4 is 27.5 Å². The summed E-state index contributed by atoms with van der Waals surface area (Å²) in [5, 5.41) is 9.96. The monoisotopic (exact) mass is 291 g/mol. The van der Waals surface area contributed by atoms with Gasteiger partial charge in [-0.2, -0.15) is 0 Å². The van der Waals surface area contributed by atoms with E-state index in [9.17, 15) is 4.79 Å². The van der Waals surface area contributed by atoms with Crippen molar-refractivity contribution in [2.45, 2.75) is 38.4 Å². The number of thiazole rings is 1. The van der Waals surface area contributed by atoms with E-state index in [1.54, 1.807) is 11.3 Å². The minimum atomic E-state index is -0.672. The van der Waals surface area contributed by atoms with Crippen molar-refractivity contribution in [3.8, 4) is 0 Å². The molecule has 1 heterocycles. The van der Waals surface area contributed by atoms with Gasteiger partial charge in [-0.15, -0.1) is 11.3 Å². The Morgan fingerprint density at radius 2 is 2.05 bits per heavy atom. The van der Waals surface area contributed by atoms with Gasteiger partial charge < -0.3 is 9.84 Å². The van der Waals surface area contributed by atoms with Gasteiger partial charge in [0.1, 0.15) is 5.01 Å². The molecule has 1 aliphatic rings. The lowest BCUT2D eigenvalue weighted by Gasteiger charge is -2.25. The number of hydrogen-bond acceptors (Lipinski definition) is 4. The molecule has 0 radical (unpaired) electrons. The highest BCUT2D eigenvalue weighted by molar-refractivity contribution is 7.18. The molecule has 1 aromatic heterocycles. The molecule has 0 atom stereocenters. The molecule has 1 N–H and O–H groups in total. The van der Waals surface area contributed by atoms with Crippen LogP contribution in [0.5, 0.6) is 0 Å². The normalized spacial score (nSPS) is 23.0. The Balaban J connectivity index is 1.54. The van der Waals surface area contributed by atoms with Gasteiger partial charge in [0, 0.05) is 0 Å². The second-order valence-corrected chi connectivity index (χ2v) is 6.31. The molecule has 3 rings (SSSR count). The number of rotatable bonds is 4. The van der Waals surface area contributed by atoms with Gasteiger partial charge in [0.15, 0.2) is 0 Å². The van der Waals surface area contributed by atoms with Gasteiger partial charge in [-0.05, 0) is 37.8 Å². The lowest BCUT2D eigenvalue weighted by Crippen LogP contribution is -2.25.